The highest BCUT2D eigenvalue weighted by Gasteiger charge is 2.27. The largest absolute Gasteiger partial charge is 0.339 e. The number of aryl methyl sites for hydroxylation is 2. The van der Waals surface area contributed by atoms with Gasteiger partial charge in [-0.2, -0.15) is 10.2 Å². The molecule has 0 aliphatic carbocycles. The fourth-order valence-electron chi connectivity index (χ4n) is 3.47. The minimum absolute atomic E-state index is 0.190. The van der Waals surface area contributed by atoms with Crippen LogP contribution in [-0.2, 0) is 17.8 Å². The molecular weight excluding hydrogens is 342 g/mol. The molecule has 1 atom stereocenters. The van der Waals surface area contributed by atoms with Crippen molar-refractivity contribution in [1.82, 2.24) is 19.9 Å². The summed E-state index contributed by atoms with van der Waals surface area (Å²) in [6.45, 7) is 7.19. The SMILES string of the molecule is Cc1noc(CCCC(=O)N2CCN(Cc3ccc(C#N)cc3)C[C@H]2C)n1. The van der Waals surface area contributed by atoms with Gasteiger partial charge in [-0.05, 0) is 38.0 Å². The molecule has 142 valence electrons. The van der Waals surface area contributed by atoms with Crippen LogP contribution >= 0.6 is 0 Å². The Morgan fingerprint density at radius 2 is 2.11 bits per heavy atom. The summed E-state index contributed by atoms with van der Waals surface area (Å²) in [5.41, 5.74) is 1.87. The van der Waals surface area contributed by atoms with Crippen LogP contribution in [0.4, 0.5) is 0 Å². The van der Waals surface area contributed by atoms with Crippen LogP contribution in [0.3, 0.4) is 0 Å². The molecule has 1 aliphatic heterocycles. The first kappa shape index (κ1) is 19.1. The molecule has 27 heavy (non-hydrogen) atoms. The highest BCUT2D eigenvalue weighted by molar-refractivity contribution is 5.76. The van der Waals surface area contributed by atoms with E-state index in [-0.39, 0.29) is 11.9 Å². The van der Waals surface area contributed by atoms with Gasteiger partial charge in [0.2, 0.25) is 11.8 Å². The van der Waals surface area contributed by atoms with Gasteiger partial charge in [-0.1, -0.05) is 17.3 Å². The van der Waals surface area contributed by atoms with Crippen LogP contribution < -0.4 is 0 Å². The van der Waals surface area contributed by atoms with Crippen molar-refractivity contribution >= 4 is 5.91 Å². The molecule has 2 heterocycles. The third-order valence-electron chi connectivity index (χ3n) is 4.87. The molecule has 1 saturated heterocycles. The predicted molar refractivity (Wildman–Crippen MR) is 99.6 cm³/mol. The molecule has 1 aromatic carbocycles. The summed E-state index contributed by atoms with van der Waals surface area (Å²) in [6.07, 6.45) is 1.86. The number of hydrogen-bond donors (Lipinski definition) is 0. The number of benzene rings is 1. The molecule has 0 saturated carbocycles. The lowest BCUT2D eigenvalue weighted by atomic mass is 10.1. The zero-order valence-electron chi connectivity index (χ0n) is 15.9. The van der Waals surface area contributed by atoms with E-state index in [1.54, 1.807) is 6.92 Å². The number of aromatic nitrogens is 2. The summed E-state index contributed by atoms with van der Waals surface area (Å²) in [7, 11) is 0. The average molecular weight is 367 g/mol. The van der Waals surface area contributed by atoms with Gasteiger partial charge in [-0.15, -0.1) is 0 Å². The van der Waals surface area contributed by atoms with Crippen molar-refractivity contribution in [3.05, 3.63) is 47.1 Å². The zero-order chi connectivity index (χ0) is 19.2. The van der Waals surface area contributed by atoms with Gasteiger partial charge in [0.05, 0.1) is 11.6 Å². The maximum atomic E-state index is 12.5. The van der Waals surface area contributed by atoms with Gasteiger partial charge in [0.15, 0.2) is 5.82 Å². The standard InChI is InChI=1S/C20H25N5O2/c1-15-13-24(14-18-8-6-17(12-21)7-9-18)10-11-25(15)20(26)5-3-4-19-22-16(2)23-27-19/h6-9,15H,3-5,10-11,13-14H2,1-2H3/t15-/m1/s1. The Kier molecular flexibility index (Phi) is 6.20. The zero-order valence-corrected chi connectivity index (χ0v) is 15.9. The summed E-state index contributed by atoms with van der Waals surface area (Å²) in [5, 5.41) is 12.6. The Balaban J connectivity index is 1.44. The highest BCUT2D eigenvalue weighted by Crippen LogP contribution is 2.16. The molecule has 0 spiro atoms. The Morgan fingerprint density at radius 1 is 1.33 bits per heavy atom. The van der Waals surface area contributed by atoms with Crippen LogP contribution in [-0.4, -0.2) is 51.5 Å². The second-order valence-electron chi connectivity index (χ2n) is 7.07. The van der Waals surface area contributed by atoms with E-state index in [1.807, 2.05) is 29.2 Å². The molecule has 0 unspecified atom stereocenters. The minimum atomic E-state index is 0.190. The van der Waals surface area contributed by atoms with Crippen molar-refractivity contribution in [1.29, 1.82) is 5.26 Å². The lowest BCUT2D eigenvalue weighted by Gasteiger charge is -2.40. The molecule has 0 bridgehead atoms. The lowest BCUT2D eigenvalue weighted by molar-refractivity contribution is -0.135. The number of piperazine rings is 1. The van der Waals surface area contributed by atoms with Crippen LogP contribution in [0.25, 0.3) is 0 Å². The Hall–Kier alpha value is -2.72. The van der Waals surface area contributed by atoms with Crippen molar-refractivity contribution in [2.45, 2.75) is 45.7 Å². The van der Waals surface area contributed by atoms with Gasteiger partial charge < -0.3 is 9.42 Å². The minimum Gasteiger partial charge on any atom is -0.339 e. The van der Waals surface area contributed by atoms with Gasteiger partial charge in [-0.3, -0.25) is 9.69 Å². The van der Waals surface area contributed by atoms with Crippen molar-refractivity contribution < 1.29 is 9.32 Å². The Labute approximate surface area is 159 Å². The van der Waals surface area contributed by atoms with Crippen molar-refractivity contribution in [2.75, 3.05) is 19.6 Å². The van der Waals surface area contributed by atoms with E-state index < -0.39 is 0 Å². The molecule has 7 heteroatoms. The van der Waals surface area contributed by atoms with Gasteiger partial charge >= 0.3 is 0 Å². The van der Waals surface area contributed by atoms with E-state index in [2.05, 4.69) is 28.0 Å². The van der Waals surface area contributed by atoms with Crippen LogP contribution in [0.5, 0.6) is 0 Å². The van der Waals surface area contributed by atoms with Crippen LogP contribution in [0, 0.1) is 18.3 Å². The molecule has 3 rings (SSSR count). The van der Waals surface area contributed by atoms with Gasteiger partial charge in [-0.25, -0.2) is 0 Å². The number of nitrogens with zero attached hydrogens (tertiary/aromatic N) is 5. The first-order chi connectivity index (χ1) is 13.0. The maximum Gasteiger partial charge on any atom is 0.226 e. The molecule has 7 nitrogen and oxygen atoms in total. The lowest BCUT2D eigenvalue weighted by Crippen LogP contribution is -2.53. The van der Waals surface area contributed by atoms with Crippen LogP contribution in [0.15, 0.2) is 28.8 Å². The maximum absolute atomic E-state index is 12.5. The van der Waals surface area contributed by atoms with E-state index in [4.69, 9.17) is 9.78 Å². The smallest absolute Gasteiger partial charge is 0.226 e. The second kappa shape index (κ2) is 8.78. The number of carbonyl (C=O) groups excluding carboxylic acids is 1. The first-order valence-corrected chi connectivity index (χ1v) is 9.35. The quantitative estimate of drug-likeness (QED) is 0.779. The fraction of sp³-hybridized carbons (Fsp3) is 0.500. The van der Waals surface area contributed by atoms with Crippen molar-refractivity contribution in [3.8, 4) is 6.07 Å². The van der Waals surface area contributed by atoms with E-state index >= 15 is 0 Å². The number of rotatable bonds is 6. The third-order valence-corrected chi connectivity index (χ3v) is 4.87. The Morgan fingerprint density at radius 3 is 2.74 bits per heavy atom. The van der Waals surface area contributed by atoms with E-state index in [0.29, 0.717) is 30.1 Å². The van der Waals surface area contributed by atoms with Gasteiger partial charge in [0.25, 0.3) is 0 Å². The second-order valence-corrected chi connectivity index (χ2v) is 7.07. The van der Waals surface area contributed by atoms with Gasteiger partial charge in [0.1, 0.15) is 0 Å². The molecule has 0 radical (unpaired) electrons. The molecule has 0 N–H and O–H groups in total. The molecule has 1 fully saturated rings. The number of amides is 1. The monoisotopic (exact) mass is 367 g/mol. The topological polar surface area (TPSA) is 86.3 Å². The normalized spacial score (nSPS) is 17.7. The van der Waals surface area contributed by atoms with E-state index in [0.717, 1.165) is 32.6 Å². The molecular formula is C20H25N5O2. The summed E-state index contributed by atoms with van der Waals surface area (Å²) >= 11 is 0. The van der Waals surface area contributed by atoms with Crippen LogP contribution in [0.2, 0.25) is 0 Å². The number of carbonyl (C=O) groups is 1. The summed E-state index contributed by atoms with van der Waals surface area (Å²) in [6, 6.07) is 10.0. The van der Waals surface area contributed by atoms with Gasteiger partial charge in [0, 0.05) is 45.1 Å². The fourth-order valence-corrected chi connectivity index (χ4v) is 3.47. The van der Waals surface area contributed by atoms with Crippen molar-refractivity contribution in [3.63, 3.8) is 0 Å². The molecule has 1 aliphatic rings. The third kappa shape index (κ3) is 5.14. The van der Waals surface area contributed by atoms with E-state index in [9.17, 15) is 4.79 Å². The summed E-state index contributed by atoms with van der Waals surface area (Å²) < 4.78 is 5.09. The van der Waals surface area contributed by atoms with Crippen LogP contribution in [0.1, 0.15) is 42.6 Å². The Bertz CT molecular complexity index is 809. The molecule has 1 aromatic heterocycles. The summed E-state index contributed by atoms with van der Waals surface area (Å²) in [4.78, 5) is 21.1. The predicted octanol–water partition coefficient (Wildman–Crippen LogP) is 2.31. The summed E-state index contributed by atoms with van der Waals surface area (Å²) in [5.74, 6) is 1.42. The van der Waals surface area contributed by atoms with E-state index in [1.165, 1.54) is 5.56 Å². The number of nitriles is 1. The molecule has 1 amide bonds. The first-order valence-electron chi connectivity index (χ1n) is 9.35. The highest BCUT2D eigenvalue weighted by atomic mass is 16.5. The van der Waals surface area contributed by atoms with Crippen molar-refractivity contribution in [2.24, 2.45) is 0 Å². The molecule has 2 aromatic rings. The average Bonchev–Trinajstić information content (AvgIpc) is 3.07. The number of hydrogen-bond acceptors (Lipinski definition) is 6.